The standard InChI is InChI=1S/C14H21N3O2/c1-18-11-12-3-7-15-13(16-12)17-8-5-14(6-9-17)4-2-10-19-14/h3,7H,2,4-6,8-11H2,1H3. The van der Waals surface area contributed by atoms with Crippen LogP contribution in [0.25, 0.3) is 0 Å². The Morgan fingerprint density at radius 1 is 1.37 bits per heavy atom. The molecule has 0 bridgehead atoms. The molecule has 0 aliphatic carbocycles. The second-order valence-electron chi connectivity index (χ2n) is 5.40. The van der Waals surface area contributed by atoms with Gasteiger partial charge in [-0.1, -0.05) is 0 Å². The van der Waals surface area contributed by atoms with E-state index in [-0.39, 0.29) is 5.60 Å². The molecule has 2 aliphatic rings. The lowest BCUT2D eigenvalue weighted by Gasteiger charge is -2.38. The Morgan fingerprint density at radius 3 is 2.89 bits per heavy atom. The predicted molar refractivity (Wildman–Crippen MR) is 72.1 cm³/mol. The lowest BCUT2D eigenvalue weighted by molar-refractivity contribution is -0.0148. The molecule has 0 radical (unpaired) electrons. The number of ether oxygens (including phenoxy) is 2. The van der Waals surface area contributed by atoms with Crippen LogP contribution in [0.2, 0.25) is 0 Å². The van der Waals surface area contributed by atoms with Crippen LogP contribution in [0.15, 0.2) is 12.3 Å². The quantitative estimate of drug-likeness (QED) is 0.832. The maximum atomic E-state index is 5.94. The molecule has 3 heterocycles. The molecule has 1 spiro atoms. The van der Waals surface area contributed by atoms with Crippen LogP contribution < -0.4 is 4.90 Å². The number of hydrogen-bond donors (Lipinski definition) is 0. The van der Waals surface area contributed by atoms with Gasteiger partial charge in [-0.2, -0.15) is 0 Å². The topological polar surface area (TPSA) is 47.5 Å². The van der Waals surface area contributed by atoms with Crippen molar-refractivity contribution in [3.8, 4) is 0 Å². The molecule has 0 saturated carbocycles. The second kappa shape index (κ2) is 5.43. The Bertz CT molecular complexity index is 422. The zero-order valence-electron chi connectivity index (χ0n) is 11.5. The molecule has 0 unspecified atom stereocenters. The molecule has 1 aromatic rings. The van der Waals surface area contributed by atoms with E-state index in [9.17, 15) is 0 Å². The average Bonchev–Trinajstić information content (AvgIpc) is 2.89. The van der Waals surface area contributed by atoms with Crippen molar-refractivity contribution in [1.29, 1.82) is 0 Å². The van der Waals surface area contributed by atoms with Gasteiger partial charge < -0.3 is 14.4 Å². The highest BCUT2D eigenvalue weighted by molar-refractivity contribution is 5.31. The SMILES string of the molecule is COCc1ccnc(N2CCC3(CCCO3)CC2)n1. The zero-order chi connectivity index (χ0) is 13.1. The number of methoxy groups -OCH3 is 1. The summed E-state index contributed by atoms with van der Waals surface area (Å²) in [6.07, 6.45) is 6.41. The van der Waals surface area contributed by atoms with E-state index < -0.39 is 0 Å². The number of anilines is 1. The summed E-state index contributed by atoms with van der Waals surface area (Å²) >= 11 is 0. The molecule has 0 aromatic carbocycles. The molecule has 2 fully saturated rings. The minimum absolute atomic E-state index is 0.153. The van der Waals surface area contributed by atoms with E-state index in [4.69, 9.17) is 9.47 Å². The lowest BCUT2D eigenvalue weighted by Crippen LogP contribution is -2.44. The van der Waals surface area contributed by atoms with Crippen molar-refractivity contribution in [1.82, 2.24) is 9.97 Å². The molecule has 5 nitrogen and oxygen atoms in total. The third-order valence-corrected chi connectivity index (χ3v) is 4.14. The van der Waals surface area contributed by atoms with Gasteiger partial charge in [0.05, 0.1) is 17.9 Å². The average molecular weight is 263 g/mol. The van der Waals surface area contributed by atoms with Crippen molar-refractivity contribution >= 4 is 5.95 Å². The van der Waals surface area contributed by atoms with E-state index in [1.54, 1.807) is 7.11 Å². The lowest BCUT2D eigenvalue weighted by atomic mass is 9.89. The molecule has 3 rings (SSSR count). The van der Waals surface area contributed by atoms with Crippen molar-refractivity contribution < 1.29 is 9.47 Å². The zero-order valence-corrected chi connectivity index (χ0v) is 11.5. The maximum Gasteiger partial charge on any atom is 0.225 e. The van der Waals surface area contributed by atoms with E-state index in [0.717, 1.165) is 44.2 Å². The molecule has 2 aliphatic heterocycles. The molecule has 104 valence electrons. The number of aromatic nitrogens is 2. The summed E-state index contributed by atoms with van der Waals surface area (Å²) in [5.41, 5.74) is 1.09. The Morgan fingerprint density at radius 2 is 2.21 bits per heavy atom. The normalized spacial score (nSPS) is 22.1. The predicted octanol–water partition coefficient (Wildman–Crippen LogP) is 1.77. The van der Waals surface area contributed by atoms with Gasteiger partial charge >= 0.3 is 0 Å². The van der Waals surface area contributed by atoms with Crippen LogP contribution in [-0.2, 0) is 16.1 Å². The van der Waals surface area contributed by atoms with Gasteiger partial charge in [-0.05, 0) is 31.7 Å². The van der Waals surface area contributed by atoms with Crippen molar-refractivity contribution in [3.63, 3.8) is 0 Å². The summed E-state index contributed by atoms with van der Waals surface area (Å²) in [6.45, 7) is 3.43. The first-order valence-electron chi connectivity index (χ1n) is 7.01. The highest BCUT2D eigenvalue weighted by Gasteiger charge is 2.38. The van der Waals surface area contributed by atoms with Gasteiger partial charge in [-0.15, -0.1) is 0 Å². The first-order valence-corrected chi connectivity index (χ1v) is 7.01. The van der Waals surface area contributed by atoms with Crippen molar-refractivity contribution in [3.05, 3.63) is 18.0 Å². The van der Waals surface area contributed by atoms with Gasteiger partial charge in [0.2, 0.25) is 5.95 Å². The fourth-order valence-corrected chi connectivity index (χ4v) is 3.03. The summed E-state index contributed by atoms with van der Waals surface area (Å²) in [5, 5.41) is 0. The number of nitrogens with zero attached hydrogens (tertiary/aromatic N) is 3. The van der Waals surface area contributed by atoms with E-state index in [2.05, 4.69) is 14.9 Å². The molecule has 2 saturated heterocycles. The monoisotopic (exact) mass is 263 g/mol. The largest absolute Gasteiger partial charge is 0.378 e. The Hall–Kier alpha value is -1.20. The van der Waals surface area contributed by atoms with Crippen LogP contribution in [0.3, 0.4) is 0 Å². The smallest absolute Gasteiger partial charge is 0.225 e. The van der Waals surface area contributed by atoms with E-state index in [1.165, 1.54) is 12.8 Å². The van der Waals surface area contributed by atoms with Gasteiger partial charge in [-0.25, -0.2) is 9.97 Å². The fourth-order valence-electron chi connectivity index (χ4n) is 3.03. The third kappa shape index (κ3) is 2.72. The number of piperidine rings is 1. The Balaban J connectivity index is 1.66. The summed E-state index contributed by atoms with van der Waals surface area (Å²) in [4.78, 5) is 11.2. The van der Waals surface area contributed by atoms with Crippen LogP contribution in [-0.4, -0.2) is 42.4 Å². The van der Waals surface area contributed by atoms with Gasteiger partial charge in [-0.3, -0.25) is 0 Å². The highest BCUT2D eigenvalue weighted by atomic mass is 16.5. The van der Waals surface area contributed by atoms with Gasteiger partial charge in [0.15, 0.2) is 0 Å². The second-order valence-corrected chi connectivity index (χ2v) is 5.40. The highest BCUT2D eigenvalue weighted by Crippen LogP contribution is 2.36. The molecular formula is C14H21N3O2. The first-order chi connectivity index (χ1) is 9.31. The summed E-state index contributed by atoms with van der Waals surface area (Å²) < 4.78 is 11.1. The van der Waals surface area contributed by atoms with Gasteiger partial charge in [0, 0.05) is 33.0 Å². The minimum atomic E-state index is 0.153. The van der Waals surface area contributed by atoms with E-state index in [1.807, 2.05) is 12.3 Å². The van der Waals surface area contributed by atoms with Crippen molar-refractivity contribution in [2.24, 2.45) is 0 Å². The molecule has 0 amide bonds. The molecule has 1 aromatic heterocycles. The van der Waals surface area contributed by atoms with Crippen LogP contribution in [0, 0.1) is 0 Å². The van der Waals surface area contributed by atoms with Crippen LogP contribution in [0.5, 0.6) is 0 Å². The summed E-state index contributed by atoms with van der Waals surface area (Å²) in [5.74, 6) is 0.822. The molecule has 5 heteroatoms. The van der Waals surface area contributed by atoms with E-state index >= 15 is 0 Å². The molecule has 0 N–H and O–H groups in total. The minimum Gasteiger partial charge on any atom is -0.378 e. The Labute approximate surface area is 113 Å². The molecule has 0 atom stereocenters. The summed E-state index contributed by atoms with van der Waals surface area (Å²) in [7, 11) is 1.68. The van der Waals surface area contributed by atoms with Gasteiger partial charge in [0.25, 0.3) is 0 Å². The number of hydrogen-bond acceptors (Lipinski definition) is 5. The first kappa shape index (κ1) is 12.8. The summed E-state index contributed by atoms with van der Waals surface area (Å²) in [6, 6.07) is 1.90. The molecule has 19 heavy (non-hydrogen) atoms. The molecular weight excluding hydrogens is 242 g/mol. The number of rotatable bonds is 3. The van der Waals surface area contributed by atoms with Crippen LogP contribution in [0.1, 0.15) is 31.4 Å². The Kier molecular flexibility index (Phi) is 3.66. The maximum absolute atomic E-state index is 5.94. The van der Waals surface area contributed by atoms with E-state index in [0.29, 0.717) is 6.61 Å². The van der Waals surface area contributed by atoms with Crippen molar-refractivity contribution in [2.45, 2.75) is 37.9 Å². The third-order valence-electron chi connectivity index (χ3n) is 4.14. The van der Waals surface area contributed by atoms with Crippen LogP contribution in [0.4, 0.5) is 5.95 Å². The van der Waals surface area contributed by atoms with Crippen molar-refractivity contribution in [2.75, 3.05) is 31.7 Å². The van der Waals surface area contributed by atoms with Crippen LogP contribution >= 0.6 is 0 Å². The fraction of sp³-hybridized carbons (Fsp3) is 0.714. The van der Waals surface area contributed by atoms with Gasteiger partial charge in [0.1, 0.15) is 0 Å².